The largest absolute Gasteiger partial charge is 0.356 e. The van der Waals surface area contributed by atoms with Crippen molar-refractivity contribution in [3.05, 3.63) is 46.1 Å². The van der Waals surface area contributed by atoms with Crippen molar-refractivity contribution < 1.29 is 0 Å². The molecule has 0 aliphatic heterocycles. The number of anilines is 1. The molecule has 0 unspecified atom stereocenters. The molecule has 0 radical (unpaired) electrons. The SMILES string of the molecule is CCNc1ncn(-c2c(CC)cccc2CC)c(=O)n1. The van der Waals surface area contributed by atoms with Crippen LogP contribution in [0.25, 0.3) is 5.69 Å². The third-order valence-electron chi connectivity index (χ3n) is 3.24. The van der Waals surface area contributed by atoms with E-state index in [1.165, 1.54) is 0 Å². The number of hydrogen-bond donors (Lipinski definition) is 1. The van der Waals surface area contributed by atoms with Crippen molar-refractivity contribution in [3.63, 3.8) is 0 Å². The molecule has 2 aromatic rings. The summed E-state index contributed by atoms with van der Waals surface area (Å²) in [6.07, 6.45) is 3.29. The first kappa shape index (κ1) is 14.2. The van der Waals surface area contributed by atoms with E-state index in [4.69, 9.17) is 0 Å². The molecule has 2 rings (SSSR count). The van der Waals surface area contributed by atoms with Crippen LogP contribution in [-0.2, 0) is 12.8 Å². The zero-order valence-corrected chi connectivity index (χ0v) is 12.2. The summed E-state index contributed by atoms with van der Waals surface area (Å²) in [6, 6.07) is 6.11. The van der Waals surface area contributed by atoms with Crippen LogP contribution in [0.1, 0.15) is 31.9 Å². The van der Waals surface area contributed by atoms with Crippen LogP contribution in [0.4, 0.5) is 5.95 Å². The lowest BCUT2D eigenvalue weighted by Crippen LogP contribution is -2.25. The van der Waals surface area contributed by atoms with Crippen LogP contribution < -0.4 is 11.0 Å². The number of rotatable bonds is 5. The maximum absolute atomic E-state index is 12.2. The van der Waals surface area contributed by atoms with Crippen LogP contribution >= 0.6 is 0 Å². The van der Waals surface area contributed by atoms with Gasteiger partial charge in [0.2, 0.25) is 5.95 Å². The topological polar surface area (TPSA) is 59.8 Å². The first-order valence-corrected chi connectivity index (χ1v) is 7.01. The van der Waals surface area contributed by atoms with Crippen molar-refractivity contribution in [2.24, 2.45) is 0 Å². The van der Waals surface area contributed by atoms with Gasteiger partial charge < -0.3 is 5.32 Å². The molecule has 0 bridgehead atoms. The van der Waals surface area contributed by atoms with Gasteiger partial charge in [-0.05, 0) is 30.9 Å². The number of hydrogen-bond acceptors (Lipinski definition) is 4. The normalized spacial score (nSPS) is 10.6. The second-order valence-corrected chi connectivity index (χ2v) is 4.49. The molecule has 0 saturated carbocycles. The maximum atomic E-state index is 12.2. The molecule has 0 amide bonds. The average molecular weight is 272 g/mol. The van der Waals surface area contributed by atoms with Gasteiger partial charge in [0.25, 0.3) is 0 Å². The lowest BCUT2D eigenvalue weighted by Gasteiger charge is -2.14. The summed E-state index contributed by atoms with van der Waals surface area (Å²) in [4.78, 5) is 20.4. The first-order chi connectivity index (χ1) is 9.71. The van der Waals surface area contributed by atoms with Gasteiger partial charge in [0.05, 0.1) is 5.69 Å². The second-order valence-electron chi connectivity index (χ2n) is 4.49. The summed E-state index contributed by atoms with van der Waals surface area (Å²) < 4.78 is 1.54. The lowest BCUT2D eigenvalue weighted by atomic mass is 10.0. The highest BCUT2D eigenvalue weighted by atomic mass is 16.1. The van der Waals surface area contributed by atoms with Crippen molar-refractivity contribution >= 4 is 5.95 Å². The zero-order valence-electron chi connectivity index (χ0n) is 12.2. The number of para-hydroxylation sites is 1. The summed E-state index contributed by atoms with van der Waals surface area (Å²) in [5.74, 6) is 0.376. The van der Waals surface area contributed by atoms with E-state index in [9.17, 15) is 4.79 Å². The van der Waals surface area contributed by atoms with Gasteiger partial charge in [-0.1, -0.05) is 32.0 Å². The molecule has 0 atom stereocenters. The number of benzene rings is 1. The molecule has 0 fully saturated rings. The molecule has 5 heteroatoms. The highest BCUT2D eigenvalue weighted by Gasteiger charge is 2.11. The molecular formula is C15H20N4O. The van der Waals surface area contributed by atoms with Gasteiger partial charge in [0.15, 0.2) is 0 Å². The summed E-state index contributed by atoms with van der Waals surface area (Å²) >= 11 is 0. The van der Waals surface area contributed by atoms with Crippen molar-refractivity contribution in [1.82, 2.24) is 14.5 Å². The molecule has 0 aliphatic carbocycles. The molecule has 5 nitrogen and oxygen atoms in total. The van der Waals surface area contributed by atoms with Crippen LogP contribution in [0.15, 0.2) is 29.3 Å². The fourth-order valence-corrected chi connectivity index (χ4v) is 2.26. The Bertz CT molecular complexity index is 626. The smallest absolute Gasteiger partial charge is 0.354 e. The molecule has 0 spiro atoms. The summed E-state index contributed by atoms with van der Waals surface area (Å²) in [7, 11) is 0. The Kier molecular flexibility index (Phi) is 4.50. The second kappa shape index (κ2) is 6.32. The van der Waals surface area contributed by atoms with Crippen LogP contribution in [0.5, 0.6) is 0 Å². The van der Waals surface area contributed by atoms with E-state index in [0.29, 0.717) is 12.5 Å². The molecule has 106 valence electrons. The van der Waals surface area contributed by atoms with Gasteiger partial charge in [-0.3, -0.25) is 4.57 Å². The maximum Gasteiger partial charge on any atom is 0.356 e. The van der Waals surface area contributed by atoms with Crippen molar-refractivity contribution in [1.29, 1.82) is 0 Å². The Morgan fingerprint density at radius 2 is 1.80 bits per heavy atom. The van der Waals surface area contributed by atoms with E-state index in [1.807, 2.05) is 25.1 Å². The van der Waals surface area contributed by atoms with Gasteiger partial charge in [-0.15, -0.1) is 0 Å². The predicted octanol–water partition coefficient (Wildman–Crippen LogP) is 2.18. The van der Waals surface area contributed by atoms with E-state index >= 15 is 0 Å². The average Bonchev–Trinajstić information content (AvgIpc) is 2.47. The third-order valence-corrected chi connectivity index (χ3v) is 3.24. The fraction of sp³-hybridized carbons (Fsp3) is 0.400. The van der Waals surface area contributed by atoms with Gasteiger partial charge in [0, 0.05) is 6.54 Å². The van der Waals surface area contributed by atoms with Crippen LogP contribution in [0.2, 0.25) is 0 Å². The lowest BCUT2D eigenvalue weighted by molar-refractivity contribution is 0.833. The molecule has 1 aromatic carbocycles. The van der Waals surface area contributed by atoms with E-state index in [-0.39, 0.29) is 5.69 Å². The third kappa shape index (κ3) is 2.71. The zero-order chi connectivity index (χ0) is 14.5. The monoisotopic (exact) mass is 272 g/mol. The van der Waals surface area contributed by atoms with Gasteiger partial charge in [-0.2, -0.15) is 4.98 Å². The molecule has 1 heterocycles. The van der Waals surface area contributed by atoms with Crippen molar-refractivity contribution in [2.45, 2.75) is 33.6 Å². The van der Waals surface area contributed by atoms with Crippen LogP contribution in [0.3, 0.4) is 0 Å². The van der Waals surface area contributed by atoms with E-state index < -0.39 is 0 Å². The minimum absolute atomic E-state index is 0.299. The number of nitrogens with one attached hydrogen (secondary N) is 1. The minimum atomic E-state index is -0.299. The van der Waals surface area contributed by atoms with E-state index in [2.05, 4.69) is 29.1 Å². The Morgan fingerprint density at radius 1 is 1.15 bits per heavy atom. The minimum Gasteiger partial charge on any atom is -0.354 e. The molecular weight excluding hydrogens is 252 g/mol. The van der Waals surface area contributed by atoms with Crippen molar-refractivity contribution in [2.75, 3.05) is 11.9 Å². The molecule has 0 aliphatic rings. The molecule has 20 heavy (non-hydrogen) atoms. The van der Waals surface area contributed by atoms with Gasteiger partial charge in [-0.25, -0.2) is 9.78 Å². The van der Waals surface area contributed by atoms with E-state index in [0.717, 1.165) is 29.7 Å². The standard InChI is InChI=1S/C15H20N4O/c1-4-11-8-7-9-12(5-2)13(11)19-10-17-14(16-6-3)18-15(19)20/h7-10H,4-6H2,1-3H3,(H,16,18,20). The predicted molar refractivity (Wildman–Crippen MR) is 80.5 cm³/mol. The Morgan fingerprint density at radius 3 is 2.30 bits per heavy atom. The first-order valence-electron chi connectivity index (χ1n) is 7.01. The summed E-state index contributed by atoms with van der Waals surface area (Å²) in [5, 5.41) is 2.95. The highest BCUT2D eigenvalue weighted by Crippen LogP contribution is 2.19. The van der Waals surface area contributed by atoms with Crippen LogP contribution in [-0.4, -0.2) is 21.1 Å². The Labute approximate surface area is 118 Å². The van der Waals surface area contributed by atoms with Gasteiger partial charge >= 0.3 is 5.69 Å². The highest BCUT2D eigenvalue weighted by molar-refractivity contribution is 5.48. The Balaban J connectivity index is 2.59. The molecule has 1 N–H and O–H groups in total. The van der Waals surface area contributed by atoms with E-state index in [1.54, 1.807) is 10.9 Å². The number of aromatic nitrogens is 3. The van der Waals surface area contributed by atoms with Crippen molar-refractivity contribution in [3.8, 4) is 5.69 Å². The quantitative estimate of drug-likeness (QED) is 0.906. The fourth-order valence-electron chi connectivity index (χ4n) is 2.26. The molecule has 1 aromatic heterocycles. The summed E-state index contributed by atoms with van der Waals surface area (Å²) in [5.41, 5.74) is 2.88. The van der Waals surface area contributed by atoms with Crippen LogP contribution in [0, 0.1) is 0 Å². The Hall–Kier alpha value is -2.17. The molecule has 0 saturated heterocycles. The number of nitrogens with zero attached hydrogens (tertiary/aromatic N) is 3. The van der Waals surface area contributed by atoms with Gasteiger partial charge in [0.1, 0.15) is 6.33 Å². The summed E-state index contributed by atoms with van der Waals surface area (Å²) in [6.45, 7) is 6.79. The number of aryl methyl sites for hydroxylation is 2.